The van der Waals surface area contributed by atoms with Gasteiger partial charge in [-0.05, 0) is 59.7 Å². The van der Waals surface area contributed by atoms with Crippen molar-refractivity contribution < 1.29 is 23.8 Å². The SMILES string of the molecule is COc1ccc(/C=C/C(=O)N/C(=C/c2ccc3c(c2)OCO3)C(=O)NCCc2nc3ccccc3[nH]2)cc1. The minimum atomic E-state index is -0.444. The minimum absolute atomic E-state index is 0.0952. The zero-order valence-electron chi connectivity index (χ0n) is 20.7. The van der Waals surface area contributed by atoms with Crippen LogP contribution in [-0.4, -0.2) is 42.2 Å². The summed E-state index contributed by atoms with van der Waals surface area (Å²) in [6, 6.07) is 20.3. The van der Waals surface area contributed by atoms with E-state index < -0.39 is 11.8 Å². The lowest BCUT2D eigenvalue weighted by atomic mass is 10.1. The van der Waals surface area contributed by atoms with Crippen LogP contribution in [0.1, 0.15) is 17.0 Å². The number of imidazole rings is 1. The number of hydrogen-bond acceptors (Lipinski definition) is 6. The number of para-hydroxylation sites is 2. The molecule has 0 unspecified atom stereocenters. The summed E-state index contributed by atoms with van der Waals surface area (Å²) in [5.74, 6) is 1.82. The van der Waals surface area contributed by atoms with Crippen molar-refractivity contribution in [2.75, 3.05) is 20.4 Å². The van der Waals surface area contributed by atoms with Crippen molar-refractivity contribution in [3.05, 3.63) is 95.5 Å². The first kappa shape index (κ1) is 24.6. The Morgan fingerprint density at radius 2 is 1.82 bits per heavy atom. The van der Waals surface area contributed by atoms with Crippen LogP contribution in [0.4, 0.5) is 0 Å². The number of H-pyrrole nitrogens is 1. The van der Waals surface area contributed by atoms with Crippen molar-refractivity contribution >= 4 is 35.0 Å². The fraction of sp³-hybridized carbons (Fsp3) is 0.138. The lowest BCUT2D eigenvalue weighted by molar-refractivity contribution is -0.121. The Labute approximate surface area is 219 Å². The molecule has 1 aliphatic heterocycles. The molecule has 2 amide bonds. The fourth-order valence-corrected chi connectivity index (χ4v) is 3.90. The highest BCUT2D eigenvalue weighted by Crippen LogP contribution is 2.33. The molecule has 3 aromatic carbocycles. The summed E-state index contributed by atoms with van der Waals surface area (Å²) in [7, 11) is 1.59. The number of benzene rings is 3. The number of carbonyl (C=O) groups excluding carboxylic acids is 2. The number of rotatable bonds is 9. The van der Waals surface area contributed by atoms with Gasteiger partial charge in [0.15, 0.2) is 11.5 Å². The lowest BCUT2D eigenvalue weighted by Gasteiger charge is -2.10. The molecular weight excluding hydrogens is 484 g/mol. The zero-order chi connectivity index (χ0) is 26.3. The summed E-state index contributed by atoms with van der Waals surface area (Å²) in [4.78, 5) is 33.6. The smallest absolute Gasteiger partial charge is 0.267 e. The van der Waals surface area contributed by atoms with Gasteiger partial charge < -0.3 is 29.8 Å². The number of fused-ring (bicyclic) bond motifs is 2. The van der Waals surface area contributed by atoms with Gasteiger partial charge in [0.05, 0.1) is 18.1 Å². The molecule has 0 saturated carbocycles. The summed E-state index contributed by atoms with van der Waals surface area (Å²) in [5.41, 5.74) is 3.40. The molecule has 38 heavy (non-hydrogen) atoms. The van der Waals surface area contributed by atoms with E-state index >= 15 is 0 Å². The zero-order valence-corrected chi connectivity index (χ0v) is 20.7. The summed E-state index contributed by atoms with van der Waals surface area (Å²) < 4.78 is 15.9. The highest BCUT2D eigenvalue weighted by atomic mass is 16.7. The van der Waals surface area contributed by atoms with Gasteiger partial charge in [-0.3, -0.25) is 9.59 Å². The number of amides is 2. The van der Waals surface area contributed by atoms with Gasteiger partial charge in [0, 0.05) is 19.0 Å². The first-order chi connectivity index (χ1) is 18.6. The number of aromatic nitrogens is 2. The highest BCUT2D eigenvalue weighted by Gasteiger charge is 2.16. The number of ether oxygens (including phenoxy) is 3. The summed E-state index contributed by atoms with van der Waals surface area (Å²) in [6.45, 7) is 0.471. The molecule has 0 saturated heterocycles. The normalized spacial score (nSPS) is 12.6. The molecule has 0 spiro atoms. The molecule has 1 aliphatic rings. The minimum Gasteiger partial charge on any atom is -0.497 e. The van der Waals surface area contributed by atoms with Crippen LogP contribution >= 0.6 is 0 Å². The number of nitrogens with zero attached hydrogens (tertiary/aromatic N) is 1. The molecule has 9 heteroatoms. The molecule has 0 radical (unpaired) electrons. The Hall–Kier alpha value is -5.05. The Morgan fingerprint density at radius 3 is 2.63 bits per heavy atom. The number of nitrogens with one attached hydrogen (secondary N) is 3. The molecule has 0 atom stereocenters. The molecule has 9 nitrogen and oxygen atoms in total. The van der Waals surface area contributed by atoms with E-state index in [1.165, 1.54) is 6.08 Å². The van der Waals surface area contributed by atoms with Crippen molar-refractivity contribution in [3.8, 4) is 17.2 Å². The maximum absolute atomic E-state index is 13.1. The largest absolute Gasteiger partial charge is 0.497 e. The van der Waals surface area contributed by atoms with E-state index in [9.17, 15) is 9.59 Å². The van der Waals surface area contributed by atoms with Crippen LogP contribution in [0.2, 0.25) is 0 Å². The van der Waals surface area contributed by atoms with E-state index in [4.69, 9.17) is 14.2 Å². The van der Waals surface area contributed by atoms with E-state index in [1.807, 2.05) is 36.4 Å². The van der Waals surface area contributed by atoms with E-state index in [1.54, 1.807) is 49.6 Å². The second kappa shape index (κ2) is 11.3. The fourth-order valence-electron chi connectivity index (χ4n) is 3.90. The van der Waals surface area contributed by atoms with Crippen molar-refractivity contribution in [1.82, 2.24) is 20.6 Å². The second-order valence-corrected chi connectivity index (χ2v) is 8.47. The third-order valence-electron chi connectivity index (χ3n) is 5.84. The van der Waals surface area contributed by atoms with Crippen LogP contribution in [0, 0.1) is 0 Å². The first-order valence-corrected chi connectivity index (χ1v) is 12.0. The molecule has 192 valence electrons. The van der Waals surface area contributed by atoms with Crippen molar-refractivity contribution in [3.63, 3.8) is 0 Å². The Bertz CT molecular complexity index is 1490. The molecule has 3 N–H and O–H groups in total. The first-order valence-electron chi connectivity index (χ1n) is 12.0. The van der Waals surface area contributed by atoms with Gasteiger partial charge in [0.25, 0.3) is 5.91 Å². The second-order valence-electron chi connectivity index (χ2n) is 8.47. The molecule has 0 aliphatic carbocycles. The van der Waals surface area contributed by atoms with Gasteiger partial charge >= 0.3 is 0 Å². The molecule has 0 fully saturated rings. The van der Waals surface area contributed by atoms with Gasteiger partial charge in [-0.2, -0.15) is 0 Å². The van der Waals surface area contributed by atoms with Crippen molar-refractivity contribution in [1.29, 1.82) is 0 Å². The summed E-state index contributed by atoms with van der Waals surface area (Å²) >= 11 is 0. The van der Waals surface area contributed by atoms with Gasteiger partial charge in [0.2, 0.25) is 12.7 Å². The predicted octanol–water partition coefficient (Wildman–Crippen LogP) is 3.83. The summed E-state index contributed by atoms with van der Waals surface area (Å²) in [5, 5.41) is 5.56. The number of aromatic amines is 1. The highest BCUT2D eigenvalue weighted by molar-refractivity contribution is 6.04. The predicted molar refractivity (Wildman–Crippen MR) is 144 cm³/mol. The topological polar surface area (TPSA) is 115 Å². The maximum Gasteiger partial charge on any atom is 0.267 e. The standard InChI is InChI=1S/C29H26N4O5/c1-36-21-10-6-19(7-11-21)9-13-28(34)33-24(16-20-8-12-25-26(17-20)38-18-37-25)29(35)30-15-14-27-31-22-4-2-3-5-23(22)32-27/h2-13,16-17H,14-15,18H2,1H3,(H,30,35)(H,31,32)(H,33,34)/b13-9+,24-16+. The lowest BCUT2D eigenvalue weighted by Crippen LogP contribution is -2.35. The third-order valence-corrected chi connectivity index (χ3v) is 5.84. The quantitative estimate of drug-likeness (QED) is 0.295. The molecule has 2 heterocycles. The van der Waals surface area contributed by atoms with Crippen LogP contribution in [-0.2, 0) is 16.0 Å². The van der Waals surface area contributed by atoms with Gasteiger partial charge in [-0.1, -0.05) is 30.3 Å². The molecule has 0 bridgehead atoms. The van der Waals surface area contributed by atoms with Gasteiger partial charge in [0.1, 0.15) is 17.3 Å². The van der Waals surface area contributed by atoms with Crippen molar-refractivity contribution in [2.45, 2.75) is 6.42 Å². The molecule has 1 aromatic heterocycles. The average Bonchev–Trinajstić information content (AvgIpc) is 3.58. The summed E-state index contributed by atoms with van der Waals surface area (Å²) in [6.07, 6.45) is 5.13. The molecular formula is C29H26N4O5. The molecule has 4 aromatic rings. The van der Waals surface area contributed by atoms with E-state index in [0.717, 1.165) is 28.2 Å². The van der Waals surface area contributed by atoms with E-state index in [2.05, 4.69) is 20.6 Å². The monoisotopic (exact) mass is 510 g/mol. The average molecular weight is 511 g/mol. The number of carbonyl (C=O) groups is 2. The van der Waals surface area contributed by atoms with E-state index in [-0.39, 0.29) is 12.5 Å². The van der Waals surface area contributed by atoms with Crippen LogP contribution in [0.25, 0.3) is 23.2 Å². The van der Waals surface area contributed by atoms with E-state index in [0.29, 0.717) is 30.0 Å². The van der Waals surface area contributed by atoms with Crippen LogP contribution in [0.15, 0.2) is 78.5 Å². The number of hydrogen-bond donors (Lipinski definition) is 3. The Balaban J connectivity index is 1.28. The molecule has 5 rings (SSSR count). The van der Waals surface area contributed by atoms with Crippen LogP contribution in [0.3, 0.4) is 0 Å². The van der Waals surface area contributed by atoms with Crippen LogP contribution < -0.4 is 24.8 Å². The van der Waals surface area contributed by atoms with Crippen molar-refractivity contribution in [2.24, 2.45) is 0 Å². The van der Waals surface area contributed by atoms with Gasteiger partial charge in [-0.25, -0.2) is 4.98 Å². The van der Waals surface area contributed by atoms with Crippen LogP contribution in [0.5, 0.6) is 17.2 Å². The van der Waals surface area contributed by atoms with Gasteiger partial charge in [-0.15, -0.1) is 0 Å². The Morgan fingerprint density at radius 1 is 1.03 bits per heavy atom. The maximum atomic E-state index is 13.1. The third kappa shape index (κ3) is 6.01. The number of methoxy groups -OCH3 is 1. The Kier molecular flexibility index (Phi) is 7.35.